The Morgan fingerprint density at radius 1 is 1.25 bits per heavy atom. The first-order valence-electron chi connectivity index (χ1n) is 5.07. The van der Waals surface area contributed by atoms with Crippen LogP contribution in [0.15, 0.2) is 18.2 Å². The largest absolute Gasteiger partial charge is 0.488 e. The van der Waals surface area contributed by atoms with Gasteiger partial charge >= 0.3 is 7.12 Å². The Balaban J connectivity index is 2.81. The summed E-state index contributed by atoms with van der Waals surface area (Å²) in [4.78, 5) is 0. The van der Waals surface area contributed by atoms with Gasteiger partial charge in [0.15, 0.2) is 0 Å². The highest BCUT2D eigenvalue weighted by Crippen LogP contribution is 2.12. The number of hydrogen-bond donors (Lipinski definition) is 2. The van der Waals surface area contributed by atoms with Crippen molar-refractivity contribution in [2.75, 3.05) is 0 Å². The lowest BCUT2D eigenvalue weighted by atomic mass is 9.79. The van der Waals surface area contributed by atoms with Crippen LogP contribution in [0.5, 0.6) is 0 Å². The maximum Gasteiger partial charge on any atom is 0.488 e. The van der Waals surface area contributed by atoms with E-state index in [1.807, 2.05) is 20.8 Å². The number of halogens is 1. The first-order chi connectivity index (χ1) is 7.28. The molecule has 0 aliphatic heterocycles. The Labute approximate surface area is 95.0 Å². The van der Waals surface area contributed by atoms with E-state index in [0.29, 0.717) is 5.56 Å². The quantitative estimate of drug-likeness (QED) is 0.750. The highest BCUT2D eigenvalue weighted by atomic mass is 19.1. The summed E-state index contributed by atoms with van der Waals surface area (Å²) >= 11 is 0. The van der Waals surface area contributed by atoms with E-state index < -0.39 is 12.9 Å². The van der Waals surface area contributed by atoms with Crippen molar-refractivity contribution in [1.82, 2.24) is 0 Å². The molecule has 1 aromatic rings. The van der Waals surface area contributed by atoms with Gasteiger partial charge in [-0.05, 0) is 43.9 Å². The molecular formula is C11H16BFO3. The van der Waals surface area contributed by atoms with Crippen LogP contribution < -0.4 is 5.46 Å². The van der Waals surface area contributed by atoms with E-state index in [2.05, 4.69) is 0 Å². The van der Waals surface area contributed by atoms with Crippen LogP contribution in [-0.2, 0) is 11.3 Å². The normalized spacial score (nSPS) is 11.6. The lowest BCUT2D eigenvalue weighted by Gasteiger charge is -2.19. The fourth-order valence-electron chi connectivity index (χ4n) is 1.21. The number of hydrogen-bond acceptors (Lipinski definition) is 3. The monoisotopic (exact) mass is 226 g/mol. The molecule has 0 radical (unpaired) electrons. The van der Waals surface area contributed by atoms with Crippen LogP contribution in [0.4, 0.5) is 4.39 Å². The second kappa shape index (κ2) is 4.95. The molecule has 2 N–H and O–H groups in total. The SMILES string of the molecule is CC(C)(C)OCc1cc(F)cc(B(O)O)c1. The average Bonchev–Trinajstić information content (AvgIpc) is 2.13. The van der Waals surface area contributed by atoms with Gasteiger partial charge in [-0.1, -0.05) is 6.07 Å². The van der Waals surface area contributed by atoms with E-state index in [4.69, 9.17) is 14.8 Å². The predicted molar refractivity (Wildman–Crippen MR) is 60.8 cm³/mol. The van der Waals surface area contributed by atoms with Crippen molar-refractivity contribution in [3.05, 3.63) is 29.6 Å². The third-order valence-corrected chi connectivity index (χ3v) is 1.95. The zero-order valence-corrected chi connectivity index (χ0v) is 9.70. The van der Waals surface area contributed by atoms with Gasteiger partial charge in [0.25, 0.3) is 0 Å². The Morgan fingerprint density at radius 2 is 1.88 bits per heavy atom. The molecule has 0 fully saturated rings. The minimum atomic E-state index is -1.66. The summed E-state index contributed by atoms with van der Waals surface area (Å²) in [5, 5.41) is 17.9. The third kappa shape index (κ3) is 4.30. The molecule has 0 bridgehead atoms. The van der Waals surface area contributed by atoms with Crippen LogP contribution in [-0.4, -0.2) is 22.8 Å². The predicted octanol–water partition coefficient (Wildman–Crippen LogP) is 0.821. The molecule has 1 rings (SSSR count). The molecule has 0 saturated carbocycles. The van der Waals surface area contributed by atoms with E-state index in [-0.39, 0.29) is 17.7 Å². The molecular weight excluding hydrogens is 210 g/mol. The molecule has 5 heteroatoms. The van der Waals surface area contributed by atoms with Gasteiger partial charge in [-0.15, -0.1) is 0 Å². The Bertz CT molecular complexity index is 361. The van der Waals surface area contributed by atoms with Crippen molar-refractivity contribution in [3.8, 4) is 0 Å². The first-order valence-corrected chi connectivity index (χ1v) is 5.07. The highest BCUT2D eigenvalue weighted by molar-refractivity contribution is 6.58. The molecule has 0 atom stereocenters. The smallest absolute Gasteiger partial charge is 0.423 e. The molecule has 1 aromatic carbocycles. The molecule has 0 aromatic heterocycles. The molecule has 0 unspecified atom stereocenters. The molecule has 0 saturated heterocycles. The van der Waals surface area contributed by atoms with Crippen LogP contribution in [0.1, 0.15) is 26.3 Å². The van der Waals surface area contributed by atoms with Gasteiger partial charge in [-0.2, -0.15) is 0 Å². The van der Waals surface area contributed by atoms with Gasteiger partial charge < -0.3 is 14.8 Å². The maximum absolute atomic E-state index is 13.1. The number of ether oxygens (including phenoxy) is 1. The molecule has 3 nitrogen and oxygen atoms in total. The van der Waals surface area contributed by atoms with Crippen molar-refractivity contribution in [2.24, 2.45) is 0 Å². The molecule has 0 amide bonds. The van der Waals surface area contributed by atoms with Gasteiger partial charge in [0.05, 0.1) is 12.2 Å². The molecule has 88 valence electrons. The first kappa shape index (κ1) is 13.2. The Kier molecular flexibility index (Phi) is 4.07. The summed E-state index contributed by atoms with van der Waals surface area (Å²) in [5.74, 6) is -0.502. The van der Waals surface area contributed by atoms with Crippen molar-refractivity contribution in [2.45, 2.75) is 33.0 Å². The van der Waals surface area contributed by atoms with Gasteiger partial charge in [0.1, 0.15) is 5.82 Å². The molecule has 0 aliphatic rings. The molecule has 0 aliphatic carbocycles. The van der Waals surface area contributed by atoms with Gasteiger partial charge in [0.2, 0.25) is 0 Å². The van der Waals surface area contributed by atoms with Crippen LogP contribution >= 0.6 is 0 Å². The van der Waals surface area contributed by atoms with E-state index >= 15 is 0 Å². The minimum Gasteiger partial charge on any atom is -0.423 e. The summed E-state index contributed by atoms with van der Waals surface area (Å²) in [5.41, 5.74) is 0.398. The Hall–Kier alpha value is -0.905. The van der Waals surface area contributed by atoms with Crippen molar-refractivity contribution in [3.63, 3.8) is 0 Å². The molecule has 16 heavy (non-hydrogen) atoms. The zero-order chi connectivity index (χ0) is 12.3. The summed E-state index contributed by atoms with van der Waals surface area (Å²) < 4.78 is 18.6. The van der Waals surface area contributed by atoms with Crippen molar-refractivity contribution in [1.29, 1.82) is 0 Å². The van der Waals surface area contributed by atoms with E-state index in [1.165, 1.54) is 12.1 Å². The fraction of sp³-hybridized carbons (Fsp3) is 0.455. The second-order valence-corrected chi connectivity index (χ2v) is 4.67. The lowest BCUT2D eigenvalue weighted by Crippen LogP contribution is -2.30. The van der Waals surface area contributed by atoms with E-state index in [0.717, 1.165) is 6.07 Å². The molecule has 0 heterocycles. The lowest BCUT2D eigenvalue weighted by molar-refractivity contribution is -0.0150. The van der Waals surface area contributed by atoms with Crippen LogP contribution in [0.2, 0.25) is 0 Å². The average molecular weight is 226 g/mol. The minimum absolute atomic E-state index is 0.132. The summed E-state index contributed by atoms with van der Waals surface area (Å²) in [6.45, 7) is 5.93. The Morgan fingerprint density at radius 3 is 2.38 bits per heavy atom. The van der Waals surface area contributed by atoms with E-state index in [1.54, 1.807) is 0 Å². The van der Waals surface area contributed by atoms with Gasteiger partial charge in [0, 0.05) is 0 Å². The third-order valence-electron chi connectivity index (χ3n) is 1.95. The van der Waals surface area contributed by atoms with E-state index in [9.17, 15) is 4.39 Å². The molecule has 0 spiro atoms. The maximum atomic E-state index is 13.1. The van der Waals surface area contributed by atoms with Crippen LogP contribution in [0.3, 0.4) is 0 Å². The highest BCUT2D eigenvalue weighted by Gasteiger charge is 2.15. The summed E-state index contributed by atoms with van der Waals surface area (Å²) in [6, 6.07) is 3.92. The summed E-state index contributed by atoms with van der Waals surface area (Å²) in [6.07, 6.45) is 0. The van der Waals surface area contributed by atoms with Crippen molar-refractivity contribution < 1.29 is 19.2 Å². The number of benzene rings is 1. The van der Waals surface area contributed by atoms with Crippen molar-refractivity contribution >= 4 is 12.6 Å². The zero-order valence-electron chi connectivity index (χ0n) is 9.70. The summed E-state index contributed by atoms with van der Waals surface area (Å²) in [7, 11) is -1.66. The fourth-order valence-corrected chi connectivity index (χ4v) is 1.21. The standard InChI is InChI=1S/C11H16BFO3/c1-11(2,3)16-7-8-4-9(12(14)15)6-10(13)5-8/h4-6,14-15H,7H2,1-3H3. The van der Waals surface area contributed by atoms with Gasteiger partial charge in [-0.25, -0.2) is 4.39 Å². The second-order valence-electron chi connectivity index (χ2n) is 4.67. The van der Waals surface area contributed by atoms with Crippen LogP contribution in [0, 0.1) is 5.82 Å². The van der Waals surface area contributed by atoms with Crippen LogP contribution in [0.25, 0.3) is 0 Å². The van der Waals surface area contributed by atoms with Gasteiger partial charge in [-0.3, -0.25) is 0 Å². The number of rotatable bonds is 3. The topological polar surface area (TPSA) is 49.7 Å².